The van der Waals surface area contributed by atoms with Crippen LogP contribution in [-0.2, 0) is 0 Å². The molecule has 3 aromatic rings. The summed E-state index contributed by atoms with van der Waals surface area (Å²) >= 11 is 0. The van der Waals surface area contributed by atoms with E-state index in [4.69, 9.17) is 9.15 Å². The van der Waals surface area contributed by atoms with Crippen LogP contribution in [-0.4, -0.2) is 53.0 Å². The second-order valence-electron chi connectivity index (χ2n) is 6.43. The van der Waals surface area contributed by atoms with Crippen LogP contribution in [0.1, 0.15) is 16.1 Å². The Morgan fingerprint density at radius 3 is 2.56 bits per heavy atom. The SMILES string of the molecule is Cc1cccc2oc(C(=O)N3CCN(C(=O)Oc4cccnc4)CC3)cc12. The van der Waals surface area contributed by atoms with E-state index < -0.39 is 6.09 Å². The van der Waals surface area contributed by atoms with Crippen LogP contribution in [0, 0.1) is 6.92 Å². The van der Waals surface area contributed by atoms with Gasteiger partial charge in [0.2, 0.25) is 0 Å². The van der Waals surface area contributed by atoms with Gasteiger partial charge in [0.1, 0.15) is 5.58 Å². The number of aryl methyl sites for hydroxylation is 1. The maximum Gasteiger partial charge on any atom is 0.415 e. The van der Waals surface area contributed by atoms with Crippen LogP contribution in [0.5, 0.6) is 5.75 Å². The summed E-state index contributed by atoms with van der Waals surface area (Å²) in [7, 11) is 0. The molecule has 138 valence electrons. The molecule has 2 aromatic heterocycles. The smallest absolute Gasteiger partial charge is 0.415 e. The maximum atomic E-state index is 12.7. The molecule has 7 heteroatoms. The summed E-state index contributed by atoms with van der Waals surface area (Å²) in [6.07, 6.45) is 2.66. The first-order valence-electron chi connectivity index (χ1n) is 8.77. The first kappa shape index (κ1) is 17.1. The molecule has 1 aromatic carbocycles. The first-order valence-corrected chi connectivity index (χ1v) is 8.77. The van der Waals surface area contributed by atoms with E-state index in [0.29, 0.717) is 43.3 Å². The summed E-state index contributed by atoms with van der Waals surface area (Å²) < 4.78 is 11.0. The Labute approximate surface area is 156 Å². The molecule has 0 radical (unpaired) electrons. The highest BCUT2D eigenvalue weighted by molar-refractivity contribution is 5.97. The number of nitrogens with zero attached hydrogens (tertiary/aromatic N) is 3. The lowest BCUT2D eigenvalue weighted by molar-refractivity contribution is 0.0606. The van der Waals surface area contributed by atoms with Crippen molar-refractivity contribution >= 4 is 23.0 Å². The molecule has 1 aliphatic rings. The topological polar surface area (TPSA) is 75.9 Å². The van der Waals surface area contributed by atoms with Crippen LogP contribution in [0.3, 0.4) is 0 Å². The normalized spacial score (nSPS) is 14.4. The number of carbonyl (C=O) groups is 2. The number of pyridine rings is 1. The van der Waals surface area contributed by atoms with Gasteiger partial charge in [0.05, 0.1) is 6.20 Å². The molecule has 0 aliphatic carbocycles. The Morgan fingerprint density at radius 2 is 1.85 bits per heavy atom. The van der Waals surface area contributed by atoms with Crippen LogP contribution in [0.25, 0.3) is 11.0 Å². The summed E-state index contributed by atoms with van der Waals surface area (Å²) in [5.41, 5.74) is 1.77. The van der Waals surface area contributed by atoms with Crippen LogP contribution in [0.4, 0.5) is 4.79 Å². The average Bonchev–Trinajstić information content (AvgIpc) is 3.14. The number of piperazine rings is 1. The largest absolute Gasteiger partial charge is 0.451 e. The fraction of sp³-hybridized carbons (Fsp3) is 0.250. The van der Waals surface area contributed by atoms with Gasteiger partial charge < -0.3 is 19.0 Å². The average molecular weight is 365 g/mol. The number of carbonyl (C=O) groups excluding carboxylic acids is 2. The van der Waals surface area contributed by atoms with E-state index in [1.54, 1.807) is 34.2 Å². The first-order chi connectivity index (χ1) is 13.1. The minimum atomic E-state index is -0.436. The van der Waals surface area contributed by atoms with Gasteiger partial charge >= 0.3 is 6.09 Å². The number of fused-ring (bicyclic) bond motifs is 1. The van der Waals surface area contributed by atoms with Gasteiger partial charge in [0.15, 0.2) is 11.5 Å². The predicted octanol–water partition coefficient (Wildman–Crippen LogP) is 3.09. The summed E-state index contributed by atoms with van der Waals surface area (Å²) in [6.45, 7) is 3.65. The van der Waals surface area contributed by atoms with Gasteiger partial charge in [0, 0.05) is 37.8 Å². The van der Waals surface area contributed by atoms with Gasteiger partial charge in [0.25, 0.3) is 5.91 Å². The maximum absolute atomic E-state index is 12.7. The highest BCUT2D eigenvalue weighted by Crippen LogP contribution is 2.24. The predicted molar refractivity (Wildman–Crippen MR) is 98.7 cm³/mol. The summed E-state index contributed by atoms with van der Waals surface area (Å²) in [4.78, 5) is 32.2. The van der Waals surface area contributed by atoms with Gasteiger partial charge in [-0.15, -0.1) is 0 Å². The summed E-state index contributed by atoms with van der Waals surface area (Å²) in [6, 6.07) is 10.9. The Balaban J connectivity index is 1.39. The zero-order valence-electron chi connectivity index (χ0n) is 14.9. The molecule has 1 fully saturated rings. The Hall–Kier alpha value is -3.35. The van der Waals surface area contributed by atoms with Crippen molar-refractivity contribution in [3.8, 4) is 5.75 Å². The van der Waals surface area contributed by atoms with E-state index in [9.17, 15) is 9.59 Å². The van der Waals surface area contributed by atoms with E-state index >= 15 is 0 Å². The Kier molecular flexibility index (Phi) is 4.50. The molecular formula is C20H19N3O4. The zero-order chi connectivity index (χ0) is 18.8. The number of benzene rings is 1. The van der Waals surface area contributed by atoms with Crippen LogP contribution < -0.4 is 4.74 Å². The lowest BCUT2D eigenvalue weighted by atomic mass is 10.1. The van der Waals surface area contributed by atoms with Gasteiger partial charge in [-0.05, 0) is 36.8 Å². The van der Waals surface area contributed by atoms with Crippen LogP contribution in [0.15, 0.2) is 53.2 Å². The summed E-state index contributed by atoms with van der Waals surface area (Å²) in [5, 5.41) is 0.944. The number of hydrogen-bond donors (Lipinski definition) is 0. The van der Waals surface area contributed by atoms with Gasteiger partial charge in [-0.3, -0.25) is 9.78 Å². The number of ether oxygens (including phenoxy) is 1. The minimum absolute atomic E-state index is 0.161. The van der Waals surface area contributed by atoms with E-state index in [2.05, 4.69) is 4.98 Å². The van der Waals surface area contributed by atoms with Crippen molar-refractivity contribution in [2.24, 2.45) is 0 Å². The molecule has 4 rings (SSSR count). The molecule has 0 N–H and O–H groups in total. The number of furan rings is 1. The van der Waals surface area contributed by atoms with Crippen molar-refractivity contribution in [2.45, 2.75) is 6.92 Å². The summed E-state index contributed by atoms with van der Waals surface area (Å²) in [5.74, 6) is 0.565. The van der Waals surface area contributed by atoms with Crippen molar-refractivity contribution in [3.05, 3.63) is 60.1 Å². The molecule has 2 amide bonds. The number of hydrogen-bond acceptors (Lipinski definition) is 5. The van der Waals surface area contributed by atoms with Crippen molar-refractivity contribution < 1.29 is 18.7 Å². The molecule has 7 nitrogen and oxygen atoms in total. The molecule has 0 atom stereocenters. The standard InChI is InChI=1S/C20H19N3O4/c1-14-4-2-6-17-16(14)12-18(27-17)19(24)22-8-10-23(11-9-22)20(25)26-15-5-3-7-21-13-15/h2-7,12-13H,8-11H2,1H3. The molecule has 0 spiro atoms. The second-order valence-corrected chi connectivity index (χ2v) is 6.43. The molecular weight excluding hydrogens is 346 g/mol. The van der Waals surface area contributed by atoms with Crippen molar-refractivity contribution in [1.82, 2.24) is 14.8 Å². The third kappa shape index (κ3) is 3.48. The minimum Gasteiger partial charge on any atom is -0.451 e. The lowest BCUT2D eigenvalue weighted by Crippen LogP contribution is -2.51. The van der Waals surface area contributed by atoms with Crippen LogP contribution >= 0.6 is 0 Å². The van der Waals surface area contributed by atoms with Crippen molar-refractivity contribution in [1.29, 1.82) is 0 Å². The fourth-order valence-electron chi connectivity index (χ4n) is 3.13. The zero-order valence-corrected chi connectivity index (χ0v) is 14.9. The highest BCUT2D eigenvalue weighted by atomic mass is 16.6. The molecule has 1 aliphatic heterocycles. The van der Waals surface area contributed by atoms with E-state index in [1.807, 2.05) is 25.1 Å². The van der Waals surface area contributed by atoms with Crippen LogP contribution in [0.2, 0.25) is 0 Å². The molecule has 1 saturated heterocycles. The van der Waals surface area contributed by atoms with Crippen molar-refractivity contribution in [2.75, 3.05) is 26.2 Å². The van der Waals surface area contributed by atoms with E-state index in [1.165, 1.54) is 6.20 Å². The number of amides is 2. The lowest BCUT2D eigenvalue weighted by Gasteiger charge is -2.33. The quantitative estimate of drug-likeness (QED) is 0.697. The number of rotatable bonds is 2. The third-order valence-corrected chi connectivity index (χ3v) is 4.65. The molecule has 3 heterocycles. The second kappa shape index (κ2) is 7.11. The van der Waals surface area contributed by atoms with Gasteiger partial charge in [-0.2, -0.15) is 0 Å². The molecule has 27 heavy (non-hydrogen) atoms. The van der Waals surface area contributed by atoms with Gasteiger partial charge in [-0.1, -0.05) is 12.1 Å². The number of aromatic nitrogens is 1. The fourth-order valence-corrected chi connectivity index (χ4v) is 3.13. The van der Waals surface area contributed by atoms with Gasteiger partial charge in [-0.25, -0.2) is 4.79 Å². The Bertz CT molecular complexity index is 975. The third-order valence-electron chi connectivity index (χ3n) is 4.65. The van der Waals surface area contributed by atoms with Crippen molar-refractivity contribution in [3.63, 3.8) is 0 Å². The molecule has 0 unspecified atom stereocenters. The highest BCUT2D eigenvalue weighted by Gasteiger charge is 2.27. The van der Waals surface area contributed by atoms with E-state index in [0.717, 1.165) is 10.9 Å². The monoisotopic (exact) mass is 365 g/mol. The molecule has 0 bridgehead atoms. The molecule has 0 saturated carbocycles. The Morgan fingerprint density at radius 1 is 1.07 bits per heavy atom. The van der Waals surface area contributed by atoms with E-state index in [-0.39, 0.29) is 5.91 Å².